The van der Waals surface area contributed by atoms with Crippen LogP contribution in [0.1, 0.15) is 23.7 Å². The summed E-state index contributed by atoms with van der Waals surface area (Å²) >= 11 is 5.44. The van der Waals surface area contributed by atoms with Crippen molar-refractivity contribution in [1.29, 1.82) is 0 Å². The first-order chi connectivity index (χ1) is 7.94. The van der Waals surface area contributed by atoms with Gasteiger partial charge in [-0.1, -0.05) is 0 Å². The van der Waals surface area contributed by atoms with E-state index in [0.29, 0.717) is 23.6 Å². The second-order valence-corrected chi connectivity index (χ2v) is 5.82. The van der Waals surface area contributed by atoms with E-state index in [-0.39, 0.29) is 11.5 Å². The van der Waals surface area contributed by atoms with Crippen LogP contribution in [0, 0.1) is 0 Å². The Morgan fingerprint density at radius 1 is 1.29 bits per heavy atom. The third kappa shape index (κ3) is 4.75. The minimum absolute atomic E-state index is 0.00897. The van der Waals surface area contributed by atoms with Gasteiger partial charge in [-0.15, -0.1) is 11.6 Å². The summed E-state index contributed by atoms with van der Waals surface area (Å²) < 4.78 is 25.5. The van der Waals surface area contributed by atoms with Crippen LogP contribution in [0.25, 0.3) is 0 Å². The number of hydrogen-bond donors (Lipinski definition) is 1. The molecule has 0 aliphatic carbocycles. The number of benzene rings is 1. The molecule has 0 saturated heterocycles. The van der Waals surface area contributed by atoms with E-state index in [2.05, 4.69) is 4.72 Å². The molecule has 1 aromatic rings. The lowest BCUT2D eigenvalue weighted by Gasteiger charge is -2.07. The van der Waals surface area contributed by atoms with E-state index in [4.69, 9.17) is 11.6 Å². The molecule has 1 N–H and O–H groups in total. The highest BCUT2D eigenvalue weighted by Crippen LogP contribution is 2.12. The smallest absolute Gasteiger partial charge is 0.232 e. The number of ketones is 1. The highest BCUT2D eigenvalue weighted by molar-refractivity contribution is 7.92. The molecule has 0 aliphatic rings. The van der Waals surface area contributed by atoms with Crippen molar-refractivity contribution in [3.8, 4) is 0 Å². The molecule has 0 saturated carbocycles. The molecular formula is C11H14ClNO3S. The van der Waals surface area contributed by atoms with E-state index >= 15 is 0 Å². The zero-order chi connectivity index (χ0) is 12.9. The van der Waals surface area contributed by atoms with Crippen molar-refractivity contribution >= 4 is 33.1 Å². The van der Waals surface area contributed by atoms with Gasteiger partial charge in [0.05, 0.1) is 5.75 Å². The molecule has 0 heterocycles. The molecule has 0 atom stereocenters. The van der Waals surface area contributed by atoms with Gasteiger partial charge >= 0.3 is 0 Å². The number of Topliss-reactive ketones (excluding diaryl/α,β-unsaturated/α-hetero) is 1. The topological polar surface area (TPSA) is 63.2 Å². The second-order valence-electron chi connectivity index (χ2n) is 3.60. The molecule has 0 fully saturated rings. The summed E-state index contributed by atoms with van der Waals surface area (Å²) in [6.45, 7) is 1.46. The predicted octanol–water partition coefficient (Wildman–Crippen LogP) is 2.26. The first kappa shape index (κ1) is 14.0. The summed E-state index contributed by atoms with van der Waals surface area (Å²) in [6, 6.07) is 6.30. The Morgan fingerprint density at radius 2 is 1.88 bits per heavy atom. The molecule has 0 unspecified atom stereocenters. The van der Waals surface area contributed by atoms with Gasteiger partial charge in [0.1, 0.15) is 0 Å². The zero-order valence-corrected chi connectivity index (χ0v) is 11.0. The van der Waals surface area contributed by atoms with Crippen LogP contribution in [0.15, 0.2) is 24.3 Å². The Morgan fingerprint density at radius 3 is 2.35 bits per heavy atom. The van der Waals surface area contributed by atoms with Crippen LogP contribution in [0.3, 0.4) is 0 Å². The lowest BCUT2D eigenvalue weighted by Crippen LogP contribution is -2.17. The summed E-state index contributed by atoms with van der Waals surface area (Å²) in [4.78, 5) is 11.0. The molecule has 1 aromatic carbocycles. The van der Waals surface area contributed by atoms with Crippen molar-refractivity contribution in [3.63, 3.8) is 0 Å². The van der Waals surface area contributed by atoms with Gasteiger partial charge in [-0.3, -0.25) is 9.52 Å². The fourth-order valence-electron chi connectivity index (χ4n) is 1.25. The Kier molecular flexibility index (Phi) is 4.96. The zero-order valence-electron chi connectivity index (χ0n) is 9.44. The first-order valence-electron chi connectivity index (χ1n) is 5.12. The van der Waals surface area contributed by atoms with Gasteiger partial charge in [-0.25, -0.2) is 8.42 Å². The fourth-order valence-corrected chi connectivity index (χ4v) is 2.66. The lowest BCUT2D eigenvalue weighted by atomic mass is 10.1. The maximum atomic E-state index is 11.5. The minimum atomic E-state index is -3.35. The van der Waals surface area contributed by atoms with Crippen LogP contribution >= 0.6 is 11.6 Å². The summed E-state index contributed by atoms with van der Waals surface area (Å²) in [5.41, 5.74) is 0.998. The lowest BCUT2D eigenvalue weighted by molar-refractivity contribution is 0.101. The Labute approximate surface area is 106 Å². The number of carbonyl (C=O) groups is 1. The molecular weight excluding hydrogens is 262 g/mol. The molecule has 1 rings (SSSR count). The number of sulfonamides is 1. The minimum Gasteiger partial charge on any atom is -0.295 e. The number of hydrogen-bond acceptors (Lipinski definition) is 3. The first-order valence-corrected chi connectivity index (χ1v) is 7.31. The van der Waals surface area contributed by atoms with Crippen LogP contribution in [-0.2, 0) is 10.0 Å². The third-order valence-electron chi connectivity index (χ3n) is 2.11. The van der Waals surface area contributed by atoms with E-state index in [1.165, 1.54) is 6.92 Å². The maximum Gasteiger partial charge on any atom is 0.232 e. The molecule has 0 bridgehead atoms. The average molecular weight is 276 g/mol. The van der Waals surface area contributed by atoms with Crippen molar-refractivity contribution in [1.82, 2.24) is 0 Å². The van der Waals surface area contributed by atoms with E-state index in [0.717, 1.165) is 0 Å². The Bertz CT molecular complexity index is 482. The largest absolute Gasteiger partial charge is 0.295 e. The van der Waals surface area contributed by atoms with Gasteiger partial charge in [-0.05, 0) is 37.6 Å². The van der Waals surface area contributed by atoms with E-state index in [1.54, 1.807) is 24.3 Å². The van der Waals surface area contributed by atoms with Crippen LogP contribution < -0.4 is 4.72 Å². The van der Waals surface area contributed by atoms with Crippen LogP contribution in [0.5, 0.6) is 0 Å². The van der Waals surface area contributed by atoms with Crippen molar-refractivity contribution < 1.29 is 13.2 Å². The quantitative estimate of drug-likeness (QED) is 0.640. The van der Waals surface area contributed by atoms with Crippen molar-refractivity contribution in [2.45, 2.75) is 13.3 Å². The number of anilines is 1. The molecule has 0 radical (unpaired) electrons. The molecule has 0 aliphatic heterocycles. The highest BCUT2D eigenvalue weighted by Gasteiger charge is 2.09. The van der Waals surface area contributed by atoms with Gasteiger partial charge < -0.3 is 0 Å². The highest BCUT2D eigenvalue weighted by atomic mass is 35.5. The molecule has 0 amide bonds. The maximum absolute atomic E-state index is 11.5. The SMILES string of the molecule is CC(=O)c1ccc(NS(=O)(=O)CCCCl)cc1. The number of alkyl halides is 1. The second kappa shape index (κ2) is 6.02. The molecule has 17 heavy (non-hydrogen) atoms. The van der Waals surface area contributed by atoms with Gasteiger partial charge in [0, 0.05) is 17.1 Å². The number of carbonyl (C=O) groups excluding carboxylic acids is 1. The van der Waals surface area contributed by atoms with Crippen LogP contribution in [-0.4, -0.2) is 25.8 Å². The molecule has 6 heteroatoms. The van der Waals surface area contributed by atoms with Gasteiger partial charge in [0.15, 0.2) is 5.78 Å². The third-order valence-corrected chi connectivity index (χ3v) is 3.75. The van der Waals surface area contributed by atoms with E-state index in [1.807, 2.05) is 0 Å². The number of rotatable bonds is 6. The summed E-state index contributed by atoms with van der Waals surface area (Å²) in [6.07, 6.45) is 0.405. The normalized spacial score (nSPS) is 11.2. The summed E-state index contributed by atoms with van der Waals surface area (Å²) in [7, 11) is -3.35. The van der Waals surface area contributed by atoms with Crippen molar-refractivity contribution in [2.24, 2.45) is 0 Å². The van der Waals surface area contributed by atoms with E-state index in [9.17, 15) is 13.2 Å². The van der Waals surface area contributed by atoms with Crippen LogP contribution in [0.2, 0.25) is 0 Å². The standard InChI is InChI=1S/C11H14ClNO3S/c1-9(14)10-3-5-11(6-4-10)13-17(15,16)8-2-7-12/h3-6,13H,2,7-8H2,1H3. The number of nitrogens with one attached hydrogen (secondary N) is 1. The summed E-state index contributed by atoms with van der Waals surface area (Å²) in [5, 5.41) is 0. The number of halogens is 1. The van der Waals surface area contributed by atoms with Gasteiger partial charge in [0.25, 0.3) is 0 Å². The van der Waals surface area contributed by atoms with Gasteiger partial charge in [0.2, 0.25) is 10.0 Å². The van der Waals surface area contributed by atoms with E-state index < -0.39 is 10.0 Å². The van der Waals surface area contributed by atoms with Gasteiger partial charge in [-0.2, -0.15) is 0 Å². The molecule has 94 valence electrons. The molecule has 0 spiro atoms. The van der Waals surface area contributed by atoms with Crippen LogP contribution in [0.4, 0.5) is 5.69 Å². The Balaban J connectivity index is 2.72. The Hall–Kier alpha value is -1.07. The molecule has 0 aromatic heterocycles. The molecule has 4 nitrogen and oxygen atoms in total. The van der Waals surface area contributed by atoms with Crippen molar-refractivity contribution in [2.75, 3.05) is 16.4 Å². The predicted molar refractivity (Wildman–Crippen MR) is 69.2 cm³/mol. The fraction of sp³-hybridized carbons (Fsp3) is 0.364. The average Bonchev–Trinajstić information content (AvgIpc) is 2.26. The van der Waals surface area contributed by atoms with Crippen molar-refractivity contribution in [3.05, 3.63) is 29.8 Å². The monoisotopic (exact) mass is 275 g/mol. The summed E-state index contributed by atoms with van der Waals surface area (Å²) in [5.74, 6) is 0.247.